The van der Waals surface area contributed by atoms with Crippen LogP contribution in [0.4, 0.5) is 0 Å². The first-order chi connectivity index (χ1) is 8.09. The van der Waals surface area contributed by atoms with Gasteiger partial charge in [0.1, 0.15) is 0 Å². The second kappa shape index (κ2) is 5.38. The normalized spacial score (nSPS) is 34.9. The molecule has 1 saturated heterocycles. The van der Waals surface area contributed by atoms with Crippen LogP contribution in [0.5, 0.6) is 0 Å². The minimum atomic E-state index is 0.129. The standard InChI is InChI=1S/C14H26N2O/c1-15(2)14(17)13-9-11-7-5-4-6-8-12(11)10-16(13)3/h11-13H,4-10H2,1-3H3. The fraction of sp³-hybridized carbons (Fsp3) is 0.929. The van der Waals surface area contributed by atoms with E-state index in [1.165, 1.54) is 32.1 Å². The molecule has 2 fully saturated rings. The molecule has 0 N–H and O–H groups in total. The molecule has 17 heavy (non-hydrogen) atoms. The summed E-state index contributed by atoms with van der Waals surface area (Å²) in [7, 11) is 5.86. The van der Waals surface area contributed by atoms with Crippen LogP contribution in [-0.2, 0) is 4.79 Å². The first-order valence-corrected chi connectivity index (χ1v) is 7.01. The van der Waals surface area contributed by atoms with Crippen LogP contribution in [0, 0.1) is 11.8 Å². The van der Waals surface area contributed by atoms with E-state index < -0.39 is 0 Å². The van der Waals surface area contributed by atoms with Gasteiger partial charge in [-0.1, -0.05) is 25.7 Å². The van der Waals surface area contributed by atoms with E-state index in [2.05, 4.69) is 11.9 Å². The van der Waals surface area contributed by atoms with E-state index in [9.17, 15) is 4.79 Å². The summed E-state index contributed by atoms with van der Waals surface area (Å²) in [5.41, 5.74) is 0. The molecule has 1 aliphatic heterocycles. The van der Waals surface area contributed by atoms with Gasteiger partial charge in [0.05, 0.1) is 6.04 Å². The van der Waals surface area contributed by atoms with Gasteiger partial charge in [0.2, 0.25) is 5.91 Å². The fourth-order valence-corrected chi connectivity index (χ4v) is 3.56. The Kier molecular flexibility index (Phi) is 4.08. The monoisotopic (exact) mass is 238 g/mol. The third kappa shape index (κ3) is 2.82. The Bertz CT molecular complexity index is 277. The van der Waals surface area contributed by atoms with Gasteiger partial charge in [-0.3, -0.25) is 9.69 Å². The highest BCUT2D eigenvalue weighted by Crippen LogP contribution is 2.37. The van der Waals surface area contributed by atoms with Gasteiger partial charge in [-0.25, -0.2) is 0 Å². The van der Waals surface area contributed by atoms with E-state index in [0.29, 0.717) is 0 Å². The quantitative estimate of drug-likeness (QED) is 0.697. The lowest BCUT2D eigenvalue weighted by atomic mass is 9.79. The molecule has 1 heterocycles. The minimum absolute atomic E-state index is 0.129. The molecule has 0 spiro atoms. The summed E-state index contributed by atoms with van der Waals surface area (Å²) in [6.45, 7) is 1.12. The number of carbonyl (C=O) groups is 1. The summed E-state index contributed by atoms with van der Waals surface area (Å²) in [5.74, 6) is 1.92. The first kappa shape index (κ1) is 12.9. The minimum Gasteiger partial charge on any atom is -0.347 e. The van der Waals surface area contributed by atoms with Crippen LogP contribution >= 0.6 is 0 Å². The molecule has 0 aromatic rings. The number of nitrogens with zero attached hydrogens (tertiary/aromatic N) is 2. The summed E-state index contributed by atoms with van der Waals surface area (Å²) in [5, 5.41) is 0. The molecule has 0 bridgehead atoms. The van der Waals surface area contributed by atoms with Gasteiger partial charge in [-0.2, -0.15) is 0 Å². The van der Waals surface area contributed by atoms with Crippen LogP contribution in [-0.4, -0.2) is 49.4 Å². The number of rotatable bonds is 1. The SMILES string of the molecule is CN(C)C(=O)C1CC2CCCCCC2CN1C. The van der Waals surface area contributed by atoms with Crippen molar-refractivity contribution in [3.05, 3.63) is 0 Å². The van der Waals surface area contributed by atoms with Crippen molar-refractivity contribution in [2.45, 2.75) is 44.6 Å². The summed E-state index contributed by atoms with van der Waals surface area (Å²) < 4.78 is 0. The van der Waals surface area contributed by atoms with Crippen LogP contribution < -0.4 is 0 Å². The van der Waals surface area contributed by atoms with Crippen molar-refractivity contribution in [2.75, 3.05) is 27.7 Å². The molecule has 3 unspecified atom stereocenters. The lowest BCUT2D eigenvalue weighted by Gasteiger charge is -2.42. The lowest BCUT2D eigenvalue weighted by molar-refractivity contribution is -0.136. The van der Waals surface area contributed by atoms with Gasteiger partial charge in [-0.05, 0) is 31.7 Å². The van der Waals surface area contributed by atoms with Crippen LogP contribution in [0.2, 0.25) is 0 Å². The van der Waals surface area contributed by atoms with E-state index in [1.807, 2.05) is 14.1 Å². The summed E-state index contributed by atoms with van der Waals surface area (Å²) in [6, 6.07) is 0.129. The second-order valence-corrected chi connectivity index (χ2v) is 6.08. The molecule has 3 atom stereocenters. The molecule has 3 nitrogen and oxygen atoms in total. The summed E-state index contributed by atoms with van der Waals surface area (Å²) >= 11 is 0. The Morgan fingerprint density at radius 3 is 2.41 bits per heavy atom. The summed E-state index contributed by atoms with van der Waals surface area (Å²) in [4.78, 5) is 16.2. The predicted octanol–water partition coefficient (Wildman–Crippen LogP) is 1.98. The van der Waals surface area contributed by atoms with Crippen molar-refractivity contribution < 1.29 is 4.79 Å². The zero-order valence-corrected chi connectivity index (χ0v) is 11.5. The van der Waals surface area contributed by atoms with Crippen molar-refractivity contribution >= 4 is 5.91 Å². The number of likely N-dealkylation sites (N-methyl/N-ethyl adjacent to an activating group) is 2. The molecule has 2 aliphatic rings. The molecule has 0 aromatic carbocycles. The van der Waals surface area contributed by atoms with Crippen LogP contribution in [0.3, 0.4) is 0 Å². The van der Waals surface area contributed by atoms with Crippen LogP contribution in [0.1, 0.15) is 38.5 Å². The van der Waals surface area contributed by atoms with Crippen molar-refractivity contribution in [3.8, 4) is 0 Å². The maximum absolute atomic E-state index is 12.2. The predicted molar refractivity (Wildman–Crippen MR) is 69.8 cm³/mol. The Labute approximate surface area is 105 Å². The number of hydrogen-bond donors (Lipinski definition) is 0. The van der Waals surface area contributed by atoms with Gasteiger partial charge in [0, 0.05) is 20.6 Å². The Hall–Kier alpha value is -0.570. The largest absolute Gasteiger partial charge is 0.347 e. The van der Waals surface area contributed by atoms with Gasteiger partial charge < -0.3 is 4.90 Å². The molecule has 0 aromatic heterocycles. The number of piperidine rings is 1. The average Bonchev–Trinajstić information content (AvgIpc) is 2.51. The van der Waals surface area contributed by atoms with Gasteiger partial charge in [-0.15, -0.1) is 0 Å². The molecule has 2 rings (SSSR count). The van der Waals surface area contributed by atoms with E-state index in [0.717, 1.165) is 24.8 Å². The topological polar surface area (TPSA) is 23.6 Å². The van der Waals surface area contributed by atoms with E-state index in [-0.39, 0.29) is 11.9 Å². The Morgan fingerprint density at radius 2 is 1.76 bits per heavy atom. The van der Waals surface area contributed by atoms with E-state index in [4.69, 9.17) is 0 Å². The number of carbonyl (C=O) groups excluding carboxylic acids is 1. The number of hydrogen-bond acceptors (Lipinski definition) is 2. The Balaban J connectivity index is 2.04. The van der Waals surface area contributed by atoms with E-state index >= 15 is 0 Å². The van der Waals surface area contributed by atoms with Gasteiger partial charge in [0.25, 0.3) is 0 Å². The van der Waals surface area contributed by atoms with Crippen LogP contribution in [0.15, 0.2) is 0 Å². The van der Waals surface area contributed by atoms with Crippen molar-refractivity contribution in [1.82, 2.24) is 9.80 Å². The highest BCUT2D eigenvalue weighted by atomic mass is 16.2. The van der Waals surface area contributed by atoms with E-state index in [1.54, 1.807) is 4.90 Å². The number of amides is 1. The zero-order valence-electron chi connectivity index (χ0n) is 11.5. The summed E-state index contributed by atoms with van der Waals surface area (Å²) in [6.07, 6.45) is 7.95. The molecule has 1 aliphatic carbocycles. The molecular formula is C14H26N2O. The molecule has 98 valence electrons. The third-order valence-electron chi connectivity index (χ3n) is 4.62. The maximum atomic E-state index is 12.2. The lowest BCUT2D eigenvalue weighted by Crippen LogP contribution is -2.52. The fourth-order valence-electron chi connectivity index (χ4n) is 3.56. The zero-order chi connectivity index (χ0) is 12.4. The van der Waals surface area contributed by atoms with Crippen molar-refractivity contribution in [3.63, 3.8) is 0 Å². The highest BCUT2D eigenvalue weighted by molar-refractivity contribution is 5.81. The third-order valence-corrected chi connectivity index (χ3v) is 4.62. The molecule has 1 amide bonds. The van der Waals surface area contributed by atoms with Gasteiger partial charge >= 0.3 is 0 Å². The second-order valence-electron chi connectivity index (χ2n) is 6.08. The number of fused-ring (bicyclic) bond motifs is 1. The number of likely N-dealkylation sites (tertiary alicyclic amines) is 1. The smallest absolute Gasteiger partial charge is 0.239 e. The van der Waals surface area contributed by atoms with Crippen LogP contribution in [0.25, 0.3) is 0 Å². The molecule has 0 radical (unpaired) electrons. The van der Waals surface area contributed by atoms with Crippen molar-refractivity contribution in [1.29, 1.82) is 0 Å². The molecule has 3 heteroatoms. The molecular weight excluding hydrogens is 212 g/mol. The Morgan fingerprint density at radius 1 is 1.12 bits per heavy atom. The molecule has 1 saturated carbocycles. The van der Waals surface area contributed by atoms with Crippen molar-refractivity contribution in [2.24, 2.45) is 11.8 Å². The average molecular weight is 238 g/mol. The van der Waals surface area contributed by atoms with Gasteiger partial charge in [0.15, 0.2) is 0 Å². The first-order valence-electron chi connectivity index (χ1n) is 7.01. The maximum Gasteiger partial charge on any atom is 0.239 e. The highest BCUT2D eigenvalue weighted by Gasteiger charge is 2.37.